The molecule has 26 heavy (non-hydrogen) atoms. The van der Waals surface area contributed by atoms with Gasteiger partial charge in [-0.2, -0.15) is 5.26 Å². The Morgan fingerprint density at radius 2 is 1.81 bits per heavy atom. The van der Waals surface area contributed by atoms with E-state index in [9.17, 15) is 14.4 Å². The van der Waals surface area contributed by atoms with Crippen LogP contribution in [-0.4, -0.2) is 23.8 Å². The third-order valence-electron chi connectivity index (χ3n) is 5.33. The van der Waals surface area contributed by atoms with Gasteiger partial charge in [-0.1, -0.05) is 6.42 Å². The molecule has 2 aliphatic rings. The minimum Gasteiger partial charge on any atom is -0.452 e. The summed E-state index contributed by atoms with van der Waals surface area (Å²) in [5.41, 5.74) is 1.04. The standard InChI is InChI=1S/C20H22N2O4/c1-12(19(24)22-17-7-5-13(11-21)6-8-17)26-20(25)16-9-14-3-2-4-15(10-16)18(14)23/h5-8,12,14-16H,2-4,9-10H2,1H3,(H,22,24)/t12-,14-,15+,16?/m1/s1. The average molecular weight is 354 g/mol. The highest BCUT2D eigenvalue weighted by molar-refractivity contribution is 5.95. The molecule has 2 fully saturated rings. The quantitative estimate of drug-likeness (QED) is 0.839. The Kier molecular flexibility index (Phi) is 5.36. The molecule has 136 valence electrons. The van der Waals surface area contributed by atoms with Gasteiger partial charge in [0, 0.05) is 17.5 Å². The zero-order valence-electron chi connectivity index (χ0n) is 14.7. The van der Waals surface area contributed by atoms with E-state index in [4.69, 9.17) is 10.00 Å². The minimum atomic E-state index is -0.921. The van der Waals surface area contributed by atoms with Crippen molar-refractivity contribution in [2.45, 2.75) is 45.1 Å². The number of benzene rings is 1. The van der Waals surface area contributed by atoms with E-state index in [0.29, 0.717) is 29.9 Å². The number of esters is 1. The molecule has 1 amide bonds. The van der Waals surface area contributed by atoms with Gasteiger partial charge < -0.3 is 10.1 Å². The molecule has 4 atom stereocenters. The number of carbonyl (C=O) groups excluding carboxylic acids is 3. The molecule has 0 spiro atoms. The molecule has 6 nitrogen and oxygen atoms in total. The first-order valence-electron chi connectivity index (χ1n) is 9.03. The normalized spacial score (nSPS) is 25.7. The van der Waals surface area contributed by atoms with Crippen molar-refractivity contribution in [2.75, 3.05) is 5.32 Å². The summed E-state index contributed by atoms with van der Waals surface area (Å²) in [6.45, 7) is 1.53. The van der Waals surface area contributed by atoms with Gasteiger partial charge >= 0.3 is 5.97 Å². The van der Waals surface area contributed by atoms with Crippen molar-refractivity contribution in [3.63, 3.8) is 0 Å². The largest absolute Gasteiger partial charge is 0.452 e. The molecule has 1 N–H and O–H groups in total. The van der Waals surface area contributed by atoms with Crippen LogP contribution in [-0.2, 0) is 19.1 Å². The van der Waals surface area contributed by atoms with Crippen molar-refractivity contribution in [1.82, 2.24) is 0 Å². The third-order valence-corrected chi connectivity index (χ3v) is 5.33. The van der Waals surface area contributed by atoms with Crippen LogP contribution in [0.3, 0.4) is 0 Å². The van der Waals surface area contributed by atoms with Crippen molar-refractivity contribution in [2.24, 2.45) is 17.8 Å². The van der Waals surface area contributed by atoms with E-state index in [1.165, 1.54) is 6.92 Å². The number of nitriles is 1. The Bertz CT molecular complexity index is 734. The maximum Gasteiger partial charge on any atom is 0.309 e. The first-order valence-corrected chi connectivity index (χ1v) is 9.03. The highest BCUT2D eigenvalue weighted by Gasteiger charge is 2.42. The minimum absolute atomic E-state index is 0.0252. The molecule has 0 saturated heterocycles. The molecule has 2 aliphatic carbocycles. The molecule has 2 bridgehead atoms. The van der Waals surface area contributed by atoms with Crippen LogP contribution in [0.15, 0.2) is 24.3 Å². The number of ketones is 1. The second-order valence-electron chi connectivity index (χ2n) is 7.15. The number of fused-ring (bicyclic) bond motifs is 2. The maximum atomic E-state index is 12.4. The van der Waals surface area contributed by atoms with E-state index in [-0.39, 0.29) is 17.8 Å². The summed E-state index contributed by atoms with van der Waals surface area (Å²) >= 11 is 0. The number of hydrogen-bond donors (Lipinski definition) is 1. The molecule has 0 aliphatic heterocycles. The Morgan fingerprint density at radius 1 is 1.19 bits per heavy atom. The molecule has 0 aromatic heterocycles. The van der Waals surface area contributed by atoms with Gasteiger partial charge in [-0.15, -0.1) is 0 Å². The van der Waals surface area contributed by atoms with Crippen LogP contribution >= 0.6 is 0 Å². The van der Waals surface area contributed by atoms with Gasteiger partial charge in [0.15, 0.2) is 6.10 Å². The van der Waals surface area contributed by atoms with Crippen LogP contribution in [0.25, 0.3) is 0 Å². The number of amides is 1. The van der Waals surface area contributed by atoms with Crippen molar-refractivity contribution in [1.29, 1.82) is 5.26 Å². The molecule has 3 rings (SSSR count). The molecule has 0 heterocycles. The van der Waals surface area contributed by atoms with Crippen LogP contribution in [0, 0.1) is 29.1 Å². The fourth-order valence-electron chi connectivity index (χ4n) is 3.87. The molecule has 1 aromatic rings. The fourth-order valence-corrected chi connectivity index (χ4v) is 3.87. The predicted molar refractivity (Wildman–Crippen MR) is 93.9 cm³/mol. The van der Waals surface area contributed by atoms with E-state index in [1.54, 1.807) is 24.3 Å². The lowest BCUT2D eigenvalue weighted by molar-refractivity contribution is -0.161. The van der Waals surface area contributed by atoms with Crippen LogP contribution in [0.1, 0.15) is 44.6 Å². The fraction of sp³-hybridized carbons (Fsp3) is 0.500. The number of nitrogens with one attached hydrogen (secondary N) is 1. The van der Waals surface area contributed by atoms with E-state index >= 15 is 0 Å². The molecule has 1 unspecified atom stereocenters. The van der Waals surface area contributed by atoms with Gasteiger partial charge in [0.05, 0.1) is 17.6 Å². The zero-order chi connectivity index (χ0) is 18.7. The Morgan fingerprint density at radius 3 is 2.38 bits per heavy atom. The van der Waals surface area contributed by atoms with Gasteiger partial charge in [-0.25, -0.2) is 0 Å². The average Bonchev–Trinajstić information content (AvgIpc) is 2.62. The van der Waals surface area contributed by atoms with E-state index in [2.05, 4.69) is 5.32 Å². The molecule has 1 aromatic carbocycles. The summed E-state index contributed by atoms with van der Waals surface area (Å²) in [5, 5.41) is 11.4. The first-order chi connectivity index (χ1) is 12.5. The molecular formula is C20H22N2O4. The zero-order valence-corrected chi connectivity index (χ0v) is 14.7. The Hall–Kier alpha value is -2.68. The van der Waals surface area contributed by atoms with Crippen LogP contribution < -0.4 is 5.32 Å². The third kappa shape index (κ3) is 3.93. The maximum absolute atomic E-state index is 12.4. The summed E-state index contributed by atoms with van der Waals surface area (Å²) in [6, 6.07) is 8.46. The second kappa shape index (κ2) is 7.69. The topological polar surface area (TPSA) is 96.3 Å². The molecular weight excluding hydrogens is 332 g/mol. The lowest BCUT2D eigenvalue weighted by Crippen LogP contribution is -2.41. The monoisotopic (exact) mass is 354 g/mol. The highest BCUT2D eigenvalue weighted by Crippen LogP contribution is 2.40. The van der Waals surface area contributed by atoms with E-state index in [0.717, 1.165) is 19.3 Å². The van der Waals surface area contributed by atoms with Crippen molar-refractivity contribution in [3.05, 3.63) is 29.8 Å². The lowest BCUT2D eigenvalue weighted by atomic mass is 9.67. The van der Waals surface area contributed by atoms with Gasteiger partial charge in [0.1, 0.15) is 5.78 Å². The summed E-state index contributed by atoms with van der Waals surface area (Å²) in [6.07, 6.45) is 2.92. The molecule has 2 saturated carbocycles. The number of rotatable bonds is 4. The SMILES string of the molecule is C[C@@H](OC(=O)C1C[C@H]2CCC[C@@H](C1)C2=O)C(=O)Nc1ccc(C#N)cc1. The summed E-state index contributed by atoms with van der Waals surface area (Å²) < 4.78 is 5.35. The Balaban J connectivity index is 1.54. The Labute approximate surface area is 152 Å². The van der Waals surface area contributed by atoms with Crippen molar-refractivity contribution < 1.29 is 19.1 Å². The van der Waals surface area contributed by atoms with Crippen molar-refractivity contribution >= 4 is 23.3 Å². The van der Waals surface area contributed by atoms with Crippen molar-refractivity contribution in [3.8, 4) is 6.07 Å². The smallest absolute Gasteiger partial charge is 0.309 e. The number of carbonyl (C=O) groups is 3. The number of ether oxygens (including phenoxy) is 1. The van der Waals surface area contributed by atoms with Gasteiger partial charge in [0.25, 0.3) is 5.91 Å². The highest BCUT2D eigenvalue weighted by atomic mass is 16.5. The number of Topliss-reactive ketones (excluding diaryl/α,β-unsaturated/α-hetero) is 1. The summed E-state index contributed by atoms with van der Waals surface area (Å²) in [7, 11) is 0. The summed E-state index contributed by atoms with van der Waals surface area (Å²) in [5.74, 6) is -0.863. The predicted octanol–water partition coefficient (Wildman–Crippen LogP) is 2.82. The first kappa shape index (κ1) is 18.1. The number of nitrogens with zero attached hydrogens (tertiary/aromatic N) is 1. The van der Waals surface area contributed by atoms with Crippen LogP contribution in [0.2, 0.25) is 0 Å². The number of anilines is 1. The van der Waals surface area contributed by atoms with Crippen LogP contribution in [0.5, 0.6) is 0 Å². The second-order valence-corrected chi connectivity index (χ2v) is 7.15. The van der Waals surface area contributed by atoms with Gasteiger partial charge in [0.2, 0.25) is 0 Å². The molecule has 0 radical (unpaired) electrons. The molecule has 6 heteroatoms. The number of hydrogen-bond acceptors (Lipinski definition) is 5. The summed E-state index contributed by atoms with van der Waals surface area (Å²) in [4.78, 5) is 36.8. The van der Waals surface area contributed by atoms with Gasteiger partial charge in [-0.05, 0) is 56.9 Å². The van der Waals surface area contributed by atoms with E-state index in [1.807, 2.05) is 6.07 Å². The van der Waals surface area contributed by atoms with E-state index < -0.39 is 18.0 Å². The van der Waals surface area contributed by atoms with Gasteiger partial charge in [-0.3, -0.25) is 14.4 Å². The lowest BCUT2D eigenvalue weighted by Gasteiger charge is -2.36. The van der Waals surface area contributed by atoms with Crippen LogP contribution in [0.4, 0.5) is 5.69 Å².